The number of halogens is 1. The maximum absolute atomic E-state index is 12.2. The van der Waals surface area contributed by atoms with Crippen molar-refractivity contribution in [1.29, 1.82) is 0 Å². The predicted octanol–water partition coefficient (Wildman–Crippen LogP) is 3.19. The Morgan fingerprint density at radius 3 is 2.71 bits per heavy atom. The fraction of sp³-hybridized carbons (Fsp3) is 0.400. The Bertz CT molecular complexity index is 818. The second kappa shape index (κ2) is 9.60. The number of hydrogen-bond donors (Lipinski definition) is 2. The summed E-state index contributed by atoms with van der Waals surface area (Å²) in [5.74, 6) is 0.938. The van der Waals surface area contributed by atoms with Crippen molar-refractivity contribution in [3.8, 4) is 0 Å². The minimum Gasteiger partial charge on any atom is -0.360 e. The zero-order valence-corrected chi connectivity index (χ0v) is 19.1. The first-order valence-electron chi connectivity index (χ1n) is 9.40. The monoisotopic (exact) mass is 511 g/mol. The van der Waals surface area contributed by atoms with E-state index >= 15 is 0 Å². The summed E-state index contributed by atoms with van der Waals surface area (Å²) in [6.45, 7) is 4.62. The topological polar surface area (TPSA) is 60.0 Å². The van der Waals surface area contributed by atoms with E-state index in [1.165, 1.54) is 5.00 Å². The average Bonchev–Trinajstić information content (AvgIpc) is 3.34. The molecule has 2 aliphatic rings. The molecule has 2 aliphatic heterocycles. The molecule has 6 nitrogen and oxygen atoms in total. The van der Waals surface area contributed by atoms with Crippen LogP contribution in [0.5, 0.6) is 0 Å². The second-order valence-electron chi connectivity index (χ2n) is 6.82. The van der Waals surface area contributed by atoms with Crippen LogP contribution >= 0.6 is 35.3 Å². The van der Waals surface area contributed by atoms with E-state index in [4.69, 9.17) is 0 Å². The Morgan fingerprint density at radius 1 is 1.21 bits per heavy atom. The van der Waals surface area contributed by atoms with E-state index in [-0.39, 0.29) is 35.8 Å². The third kappa shape index (κ3) is 4.43. The summed E-state index contributed by atoms with van der Waals surface area (Å²) >= 11 is 1.79. The number of carbonyl (C=O) groups is 1. The van der Waals surface area contributed by atoms with E-state index in [0.717, 1.165) is 56.4 Å². The number of carbonyl (C=O) groups excluding carboxylic acids is 1. The van der Waals surface area contributed by atoms with Crippen molar-refractivity contribution in [3.63, 3.8) is 0 Å². The number of benzene rings is 1. The van der Waals surface area contributed by atoms with Crippen molar-refractivity contribution in [1.82, 2.24) is 10.2 Å². The molecule has 150 valence electrons. The van der Waals surface area contributed by atoms with Crippen LogP contribution in [0.1, 0.15) is 17.9 Å². The normalized spacial score (nSPS) is 19.1. The lowest BCUT2D eigenvalue weighted by atomic mass is 9.97. The van der Waals surface area contributed by atoms with Gasteiger partial charge in [0.1, 0.15) is 0 Å². The van der Waals surface area contributed by atoms with Crippen LogP contribution in [0.4, 0.5) is 10.7 Å². The second-order valence-corrected chi connectivity index (χ2v) is 7.74. The summed E-state index contributed by atoms with van der Waals surface area (Å²) in [6, 6.07) is 12.2. The molecule has 0 saturated carbocycles. The van der Waals surface area contributed by atoms with Gasteiger partial charge in [-0.15, -0.1) is 35.3 Å². The number of nitrogens with one attached hydrogen (secondary N) is 2. The van der Waals surface area contributed by atoms with Crippen LogP contribution < -0.4 is 15.5 Å². The molecule has 0 aliphatic carbocycles. The third-order valence-corrected chi connectivity index (χ3v) is 6.16. The number of para-hydroxylation sites is 1. The number of hydrogen-bond acceptors (Lipinski definition) is 4. The molecule has 2 N–H and O–H groups in total. The number of thiophene rings is 1. The molecule has 1 aromatic heterocycles. The highest BCUT2D eigenvalue weighted by molar-refractivity contribution is 14.0. The summed E-state index contributed by atoms with van der Waals surface area (Å²) in [6.07, 6.45) is 0.761. The first-order chi connectivity index (χ1) is 13.3. The fourth-order valence-corrected chi connectivity index (χ4v) is 4.60. The predicted molar refractivity (Wildman–Crippen MR) is 127 cm³/mol. The molecule has 4 rings (SSSR count). The van der Waals surface area contributed by atoms with Crippen LogP contribution in [0.25, 0.3) is 0 Å². The number of guanidine groups is 1. The lowest BCUT2D eigenvalue weighted by Gasteiger charge is -2.37. The zero-order valence-electron chi connectivity index (χ0n) is 15.9. The van der Waals surface area contributed by atoms with E-state index in [1.54, 1.807) is 11.3 Å². The van der Waals surface area contributed by atoms with Gasteiger partial charge in [-0.1, -0.05) is 18.2 Å². The van der Waals surface area contributed by atoms with Gasteiger partial charge in [-0.25, -0.2) is 0 Å². The van der Waals surface area contributed by atoms with Crippen LogP contribution in [0, 0.1) is 0 Å². The molecule has 2 aromatic rings. The molecule has 1 saturated heterocycles. The standard InChI is InChI=1S/C20H25N5OS.HI/c1-21-20(25-12-10-24(11-13-25)18-7-4-14-27-18)22-9-8-16-15-5-2-3-6-17(15)23-19(16)26;/h2-7,14,16H,8-13H2,1H3,(H,21,22)(H,23,26);1H. The van der Waals surface area contributed by atoms with Gasteiger partial charge >= 0.3 is 0 Å². The summed E-state index contributed by atoms with van der Waals surface area (Å²) in [5, 5.41) is 9.88. The van der Waals surface area contributed by atoms with Gasteiger partial charge in [0.2, 0.25) is 5.91 Å². The maximum Gasteiger partial charge on any atom is 0.232 e. The van der Waals surface area contributed by atoms with E-state index in [2.05, 4.69) is 42.9 Å². The maximum atomic E-state index is 12.2. The van der Waals surface area contributed by atoms with Crippen molar-refractivity contribution in [2.75, 3.05) is 50.0 Å². The lowest BCUT2D eigenvalue weighted by molar-refractivity contribution is -0.117. The molecular formula is C20H26IN5OS. The third-order valence-electron chi connectivity index (χ3n) is 5.24. The largest absolute Gasteiger partial charge is 0.360 e. The molecule has 0 radical (unpaired) electrons. The number of anilines is 2. The minimum absolute atomic E-state index is 0. The highest BCUT2D eigenvalue weighted by Crippen LogP contribution is 2.33. The van der Waals surface area contributed by atoms with Gasteiger partial charge < -0.3 is 20.4 Å². The fourth-order valence-electron chi connectivity index (χ4n) is 3.81. The molecular weight excluding hydrogens is 485 g/mol. The molecule has 1 fully saturated rings. The summed E-state index contributed by atoms with van der Waals surface area (Å²) < 4.78 is 0. The minimum atomic E-state index is -0.0810. The van der Waals surface area contributed by atoms with Gasteiger partial charge in [0.05, 0.1) is 10.9 Å². The Balaban J connectivity index is 0.00000225. The van der Waals surface area contributed by atoms with E-state index < -0.39 is 0 Å². The van der Waals surface area contributed by atoms with Crippen LogP contribution in [0.15, 0.2) is 46.8 Å². The van der Waals surface area contributed by atoms with Crippen molar-refractivity contribution in [2.45, 2.75) is 12.3 Å². The number of aliphatic imine (C=N–C) groups is 1. The molecule has 3 heterocycles. The van der Waals surface area contributed by atoms with Crippen molar-refractivity contribution < 1.29 is 4.79 Å². The molecule has 1 atom stereocenters. The van der Waals surface area contributed by atoms with Gasteiger partial charge in [0, 0.05) is 45.5 Å². The van der Waals surface area contributed by atoms with E-state index in [9.17, 15) is 4.79 Å². The smallest absolute Gasteiger partial charge is 0.232 e. The number of fused-ring (bicyclic) bond motifs is 1. The first-order valence-corrected chi connectivity index (χ1v) is 10.3. The Kier molecular flexibility index (Phi) is 7.17. The van der Waals surface area contributed by atoms with Gasteiger partial charge in [0.15, 0.2) is 5.96 Å². The van der Waals surface area contributed by atoms with E-state index in [1.807, 2.05) is 31.3 Å². The quantitative estimate of drug-likeness (QED) is 0.376. The van der Waals surface area contributed by atoms with Gasteiger partial charge in [0.25, 0.3) is 0 Å². The van der Waals surface area contributed by atoms with Gasteiger partial charge in [-0.2, -0.15) is 0 Å². The van der Waals surface area contributed by atoms with Gasteiger partial charge in [-0.3, -0.25) is 9.79 Å². The van der Waals surface area contributed by atoms with Crippen LogP contribution in [-0.2, 0) is 4.79 Å². The summed E-state index contributed by atoms with van der Waals surface area (Å²) in [5.41, 5.74) is 2.05. The number of rotatable bonds is 4. The number of amides is 1. The van der Waals surface area contributed by atoms with E-state index in [0.29, 0.717) is 0 Å². The average molecular weight is 511 g/mol. The molecule has 0 bridgehead atoms. The van der Waals surface area contributed by atoms with Crippen LogP contribution in [0.2, 0.25) is 0 Å². The van der Waals surface area contributed by atoms with Crippen molar-refractivity contribution in [3.05, 3.63) is 47.3 Å². The van der Waals surface area contributed by atoms with Crippen LogP contribution in [-0.4, -0.2) is 56.5 Å². The summed E-state index contributed by atoms with van der Waals surface area (Å²) in [4.78, 5) is 21.4. The Morgan fingerprint density at radius 2 is 2.00 bits per heavy atom. The molecule has 1 amide bonds. The molecule has 1 aromatic carbocycles. The van der Waals surface area contributed by atoms with Crippen molar-refractivity contribution >= 4 is 57.9 Å². The highest BCUT2D eigenvalue weighted by atomic mass is 127. The molecule has 28 heavy (non-hydrogen) atoms. The van der Waals surface area contributed by atoms with Crippen molar-refractivity contribution in [2.24, 2.45) is 4.99 Å². The molecule has 8 heteroatoms. The zero-order chi connectivity index (χ0) is 18.6. The Hall–Kier alpha value is -1.81. The SMILES string of the molecule is CN=C(NCCC1C(=O)Nc2ccccc21)N1CCN(c2cccs2)CC1.I. The first kappa shape index (κ1) is 20.9. The number of nitrogens with zero attached hydrogens (tertiary/aromatic N) is 3. The number of piperazine rings is 1. The molecule has 0 spiro atoms. The highest BCUT2D eigenvalue weighted by Gasteiger charge is 2.29. The van der Waals surface area contributed by atoms with Gasteiger partial charge in [-0.05, 0) is 35.6 Å². The van der Waals surface area contributed by atoms with Crippen LogP contribution in [0.3, 0.4) is 0 Å². The summed E-state index contributed by atoms with van der Waals surface area (Å²) in [7, 11) is 1.82. The molecule has 1 unspecified atom stereocenters. The Labute approximate surface area is 187 Å². The lowest BCUT2D eigenvalue weighted by Crippen LogP contribution is -2.52.